The molecular weight excluding hydrogens is 216 g/mol. The molecule has 3 heteroatoms. The van der Waals surface area contributed by atoms with Crippen molar-refractivity contribution >= 4 is 12.6 Å². The maximum Gasteiger partial charge on any atom is 0.0271 e. The predicted octanol–water partition coefficient (Wildman–Crippen LogP) is 2.86. The van der Waals surface area contributed by atoms with Crippen LogP contribution in [0.25, 0.3) is 0 Å². The summed E-state index contributed by atoms with van der Waals surface area (Å²) in [5, 5.41) is 0. The first-order valence-corrected chi connectivity index (χ1v) is 6.54. The Morgan fingerprint density at radius 1 is 1.31 bits per heavy atom. The normalized spacial score (nSPS) is 13.0. The SMILES string of the molecule is CC(CCS)CCN(C)Cc1ccncc1. The molecule has 1 unspecified atom stereocenters. The summed E-state index contributed by atoms with van der Waals surface area (Å²) in [5.41, 5.74) is 1.33. The van der Waals surface area contributed by atoms with Crippen LogP contribution in [-0.2, 0) is 6.54 Å². The largest absolute Gasteiger partial charge is 0.302 e. The van der Waals surface area contributed by atoms with Crippen molar-refractivity contribution in [3.63, 3.8) is 0 Å². The Hall–Kier alpha value is -0.540. The second-order valence-electron chi connectivity index (χ2n) is 4.50. The van der Waals surface area contributed by atoms with E-state index in [4.69, 9.17) is 0 Å². The molecule has 1 heterocycles. The molecule has 90 valence electrons. The summed E-state index contributed by atoms with van der Waals surface area (Å²) in [5.74, 6) is 1.77. The molecule has 0 aliphatic rings. The lowest BCUT2D eigenvalue weighted by Crippen LogP contribution is -2.20. The van der Waals surface area contributed by atoms with E-state index in [9.17, 15) is 0 Å². The molecule has 0 aliphatic heterocycles. The summed E-state index contributed by atoms with van der Waals surface area (Å²) in [6.45, 7) is 4.46. The summed E-state index contributed by atoms with van der Waals surface area (Å²) >= 11 is 4.26. The van der Waals surface area contributed by atoms with Crippen molar-refractivity contribution in [2.24, 2.45) is 5.92 Å². The van der Waals surface area contributed by atoms with E-state index in [-0.39, 0.29) is 0 Å². The average molecular weight is 238 g/mol. The highest BCUT2D eigenvalue weighted by atomic mass is 32.1. The Kier molecular flexibility index (Phi) is 6.50. The molecule has 0 saturated carbocycles. The fourth-order valence-corrected chi connectivity index (χ4v) is 2.13. The van der Waals surface area contributed by atoms with Gasteiger partial charge < -0.3 is 4.90 Å². The van der Waals surface area contributed by atoms with Gasteiger partial charge in [0.05, 0.1) is 0 Å². The lowest BCUT2D eigenvalue weighted by atomic mass is 10.1. The van der Waals surface area contributed by atoms with Crippen LogP contribution in [0.5, 0.6) is 0 Å². The highest BCUT2D eigenvalue weighted by Gasteiger charge is 2.04. The topological polar surface area (TPSA) is 16.1 Å². The third kappa shape index (κ3) is 5.52. The summed E-state index contributed by atoms with van der Waals surface area (Å²) < 4.78 is 0. The van der Waals surface area contributed by atoms with Gasteiger partial charge in [-0.1, -0.05) is 6.92 Å². The van der Waals surface area contributed by atoms with Crippen LogP contribution in [0.2, 0.25) is 0 Å². The molecule has 0 N–H and O–H groups in total. The zero-order valence-corrected chi connectivity index (χ0v) is 11.2. The number of pyridine rings is 1. The van der Waals surface area contributed by atoms with Crippen LogP contribution in [0.15, 0.2) is 24.5 Å². The van der Waals surface area contributed by atoms with E-state index in [0.29, 0.717) is 0 Å². The van der Waals surface area contributed by atoms with Gasteiger partial charge in [-0.3, -0.25) is 4.98 Å². The monoisotopic (exact) mass is 238 g/mol. The van der Waals surface area contributed by atoms with Crippen molar-refractivity contribution in [1.29, 1.82) is 0 Å². The summed E-state index contributed by atoms with van der Waals surface area (Å²) in [6, 6.07) is 4.15. The molecule has 0 bridgehead atoms. The number of hydrogen-bond donors (Lipinski definition) is 1. The van der Waals surface area contributed by atoms with Crippen molar-refractivity contribution in [3.8, 4) is 0 Å². The van der Waals surface area contributed by atoms with Crippen LogP contribution in [0.4, 0.5) is 0 Å². The molecule has 1 atom stereocenters. The van der Waals surface area contributed by atoms with E-state index < -0.39 is 0 Å². The molecule has 1 aromatic rings. The Bertz CT molecular complexity index is 277. The second kappa shape index (κ2) is 7.69. The molecular formula is C13H22N2S. The van der Waals surface area contributed by atoms with Gasteiger partial charge in [-0.2, -0.15) is 12.6 Å². The maximum absolute atomic E-state index is 4.26. The van der Waals surface area contributed by atoms with Crippen LogP contribution in [0.1, 0.15) is 25.3 Å². The van der Waals surface area contributed by atoms with Gasteiger partial charge in [0.25, 0.3) is 0 Å². The Labute approximate surface area is 104 Å². The Morgan fingerprint density at radius 3 is 2.62 bits per heavy atom. The molecule has 0 saturated heterocycles. The van der Waals surface area contributed by atoms with Gasteiger partial charge >= 0.3 is 0 Å². The van der Waals surface area contributed by atoms with Crippen LogP contribution in [0, 0.1) is 5.92 Å². The molecule has 0 spiro atoms. The van der Waals surface area contributed by atoms with E-state index in [1.807, 2.05) is 12.4 Å². The first-order valence-electron chi connectivity index (χ1n) is 5.90. The first kappa shape index (κ1) is 13.5. The number of hydrogen-bond acceptors (Lipinski definition) is 3. The minimum absolute atomic E-state index is 0.775. The lowest BCUT2D eigenvalue weighted by Gasteiger charge is -2.19. The quantitative estimate of drug-likeness (QED) is 0.735. The van der Waals surface area contributed by atoms with Crippen LogP contribution >= 0.6 is 12.6 Å². The average Bonchev–Trinajstić information content (AvgIpc) is 2.28. The fourth-order valence-electron chi connectivity index (χ4n) is 1.68. The molecule has 0 aromatic carbocycles. The number of aromatic nitrogens is 1. The van der Waals surface area contributed by atoms with Gasteiger partial charge in [0, 0.05) is 18.9 Å². The second-order valence-corrected chi connectivity index (χ2v) is 4.95. The number of rotatable bonds is 7. The Morgan fingerprint density at radius 2 is 2.00 bits per heavy atom. The van der Waals surface area contributed by atoms with E-state index in [1.165, 1.54) is 18.4 Å². The van der Waals surface area contributed by atoms with Gasteiger partial charge in [-0.05, 0) is 55.8 Å². The fraction of sp³-hybridized carbons (Fsp3) is 0.615. The first-order chi connectivity index (χ1) is 7.72. The predicted molar refractivity (Wildman–Crippen MR) is 72.8 cm³/mol. The van der Waals surface area contributed by atoms with E-state index in [1.54, 1.807) is 0 Å². The van der Waals surface area contributed by atoms with Crippen LogP contribution in [-0.4, -0.2) is 29.2 Å². The Balaban J connectivity index is 2.23. The zero-order valence-electron chi connectivity index (χ0n) is 10.3. The van der Waals surface area contributed by atoms with Gasteiger partial charge in [-0.15, -0.1) is 0 Å². The molecule has 0 radical (unpaired) electrons. The lowest BCUT2D eigenvalue weighted by molar-refractivity contribution is 0.297. The molecule has 0 fully saturated rings. The van der Waals surface area contributed by atoms with Gasteiger partial charge in [0.1, 0.15) is 0 Å². The summed E-state index contributed by atoms with van der Waals surface area (Å²) in [6.07, 6.45) is 6.17. The molecule has 16 heavy (non-hydrogen) atoms. The van der Waals surface area contributed by atoms with Gasteiger partial charge in [-0.25, -0.2) is 0 Å². The summed E-state index contributed by atoms with van der Waals surface area (Å²) in [4.78, 5) is 6.39. The number of thiol groups is 1. The third-order valence-electron chi connectivity index (χ3n) is 2.83. The molecule has 2 nitrogen and oxygen atoms in total. The highest BCUT2D eigenvalue weighted by molar-refractivity contribution is 7.80. The minimum atomic E-state index is 0.775. The van der Waals surface area contributed by atoms with Crippen LogP contribution in [0.3, 0.4) is 0 Å². The highest BCUT2D eigenvalue weighted by Crippen LogP contribution is 2.10. The zero-order chi connectivity index (χ0) is 11.8. The van der Waals surface area contributed by atoms with Crippen molar-refractivity contribution in [3.05, 3.63) is 30.1 Å². The molecule has 1 aromatic heterocycles. The maximum atomic E-state index is 4.26. The van der Waals surface area contributed by atoms with Crippen molar-refractivity contribution in [1.82, 2.24) is 9.88 Å². The van der Waals surface area contributed by atoms with Gasteiger partial charge in [0.2, 0.25) is 0 Å². The smallest absolute Gasteiger partial charge is 0.0271 e. The molecule has 0 aliphatic carbocycles. The number of nitrogens with zero attached hydrogens (tertiary/aromatic N) is 2. The van der Waals surface area contributed by atoms with E-state index >= 15 is 0 Å². The van der Waals surface area contributed by atoms with Crippen LogP contribution < -0.4 is 0 Å². The van der Waals surface area contributed by atoms with Crippen molar-refractivity contribution < 1.29 is 0 Å². The minimum Gasteiger partial charge on any atom is -0.302 e. The van der Waals surface area contributed by atoms with Crippen molar-refractivity contribution in [2.75, 3.05) is 19.3 Å². The van der Waals surface area contributed by atoms with Crippen molar-refractivity contribution in [2.45, 2.75) is 26.3 Å². The molecule has 1 rings (SSSR count). The third-order valence-corrected chi connectivity index (χ3v) is 3.09. The summed E-state index contributed by atoms with van der Waals surface area (Å²) in [7, 11) is 2.17. The van der Waals surface area contributed by atoms with Gasteiger partial charge in [0.15, 0.2) is 0 Å². The van der Waals surface area contributed by atoms with E-state index in [0.717, 1.165) is 24.8 Å². The molecule has 0 amide bonds. The van der Waals surface area contributed by atoms with E-state index in [2.05, 4.69) is 48.6 Å². The standard InChI is InChI=1S/C13H22N2S/c1-12(6-10-16)5-9-15(2)11-13-3-7-14-8-4-13/h3-4,7-8,12,16H,5-6,9-11H2,1-2H3.